The highest BCUT2D eigenvalue weighted by atomic mass is 16.2. The molecule has 0 spiro atoms. The number of hydrogen-bond acceptors (Lipinski definition) is 4. The van der Waals surface area contributed by atoms with E-state index in [4.69, 9.17) is 0 Å². The van der Waals surface area contributed by atoms with Crippen LogP contribution in [0.3, 0.4) is 0 Å². The molecule has 24 heavy (non-hydrogen) atoms. The lowest BCUT2D eigenvalue weighted by atomic mass is 9.91. The second-order valence-corrected chi connectivity index (χ2v) is 7.01. The summed E-state index contributed by atoms with van der Waals surface area (Å²) in [6, 6.07) is 1.86. The number of hydrogen-bond donors (Lipinski definition) is 2. The van der Waals surface area contributed by atoms with Crippen LogP contribution in [0.4, 0.5) is 4.79 Å². The maximum Gasteiger partial charge on any atom is 0.325 e. The quantitative estimate of drug-likeness (QED) is 0.797. The van der Waals surface area contributed by atoms with Crippen LogP contribution in [-0.2, 0) is 9.59 Å². The number of aromatic nitrogens is 2. The van der Waals surface area contributed by atoms with Crippen molar-refractivity contribution in [2.24, 2.45) is 0 Å². The maximum atomic E-state index is 12.2. The van der Waals surface area contributed by atoms with Crippen molar-refractivity contribution in [1.82, 2.24) is 25.3 Å². The average molecular weight is 333 g/mol. The van der Waals surface area contributed by atoms with Gasteiger partial charge in [0.25, 0.3) is 5.91 Å². The highest BCUT2D eigenvalue weighted by Crippen LogP contribution is 2.27. The fourth-order valence-corrected chi connectivity index (χ4v) is 3.36. The Labute approximate surface area is 140 Å². The standard InChI is InChI=1S/C16H23N5O3/c1-16(2)14(23)20(15(24)19-16)10-13(22)18-11-4-6-12(7-5-11)21-9-3-8-17-21/h3,8-9,11-12H,4-7,10H2,1-2H3,(H,18,22)(H,19,24). The van der Waals surface area contributed by atoms with Crippen LogP contribution in [0.2, 0.25) is 0 Å². The van der Waals surface area contributed by atoms with Crippen LogP contribution in [0.15, 0.2) is 18.5 Å². The smallest absolute Gasteiger partial charge is 0.325 e. The number of urea groups is 1. The van der Waals surface area contributed by atoms with Crippen molar-refractivity contribution in [1.29, 1.82) is 0 Å². The summed E-state index contributed by atoms with van der Waals surface area (Å²) in [4.78, 5) is 37.1. The molecule has 1 aromatic rings. The van der Waals surface area contributed by atoms with Crippen LogP contribution in [0.25, 0.3) is 0 Å². The lowest BCUT2D eigenvalue weighted by molar-refractivity contribution is -0.134. The minimum absolute atomic E-state index is 0.0816. The SMILES string of the molecule is CC1(C)NC(=O)N(CC(=O)NC2CCC(n3cccn3)CC2)C1=O. The van der Waals surface area contributed by atoms with Crippen molar-refractivity contribution in [3.63, 3.8) is 0 Å². The number of imide groups is 1. The number of nitrogens with zero attached hydrogens (tertiary/aromatic N) is 3. The molecule has 3 rings (SSSR count). The zero-order valence-corrected chi connectivity index (χ0v) is 14.0. The Bertz CT molecular complexity index is 632. The lowest BCUT2D eigenvalue weighted by Crippen LogP contribution is -2.46. The largest absolute Gasteiger partial charge is 0.352 e. The first-order chi connectivity index (χ1) is 11.4. The molecule has 2 N–H and O–H groups in total. The van der Waals surface area contributed by atoms with Gasteiger partial charge in [-0.15, -0.1) is 0 Å². The van der Waals surface area contributed by atoms with Gasteiger partial charge >= 0.3 is 6.03 Å². The average Bonchev–Trinajstić information content (AvgIpc) is 3.12. The van der Waals surface area contributed by atoms with Gasteiger partial charge in [0.2, 0.25) is 5.91 Å². The van der Waals surface area contributed by atoms with E-state index in [1.807, 2.05) is 16.9 Å². The van der Waals surface area contributed by atoms with Crippen LogP contribution in [0.5, 0.6) is 0 Å². The Balaban J connectivity index is 1.48. The Morgan fingerprint density at radius 3 is 2.58 bits per heavy atom. The van der Waals surface area contributed by atoms with E-state index < -0.39 is 11.6 Å². The van der Waals surface area contributed by atoms with Crippen LogP contribution < -0.4 is 10.6 Å². The van der Waals surface area contributed by atoms with E-state index in [9.17, 15) is 14.4 Å². The summed E-state index contributed by atoms with van der Waals surface area (Å²) in [7, 11) is 0. The van der Waals surface area contributed by atoms with Gasteiger partial charge in [-0.1, -0.05) is 0 Å². The van der Waals surface area contributed by atoms with Crippen molar-refractivity contribution >= 4 is 17.8 Å². The number of carbonyl (C=O) groups excluding carboxylic acids is 3. The first-order valence-electron chi connectivity index (χ1n) is 8.29. The van der Waals surface area contributed by atoms with Gasteiger partial charge in [-0.25, -0.2) is 4.79 Å². The third-order valence-corrected chi connectivity index (χ3v) is 4.71. The molecule has 1 aliphatic heterocycles. The van der Waals surface area contributed by atoms with E-state index >= 15 is 0 Å². The molecule has 130 valence electrons. The van der Waals surface area contributed by atoms with Gasteiger partial charge in [-0.3, -0.25) is 19.2 Å². The third-order valence-electron chi connectivity index (χ3n) is 4.71. The third kappa shape index (κ3) is 3.27. The summed E-state index contributed by atoms with van der Waals surface area (Å²) in [5.74, 6) is -0.663. The van der Waals surface area contributed by atoms with Crippen LogP contribution in [0, 0.1) is 0 Å². The number of nitrogens with one attached hydrogen (secondary N) is 2. The molecule has 0 radical (unpaired) electrons. The van der Waals surface area contributed by atoms with Gasteiger partial charge in [-0.2, -0.15) is 5.10 Å². The molecule has 0 bridgehead atoms. The predicted octanol–water partition coefficient (Wildman–Crippen LogP) is 0.813. The fraction of sp³-hybridized carbons (Fsp3) is 0.625. The monoisotopic (exact) mass is 333 g/mol. The summed E-state index contributed by atoms with van der Waals surface area (Å²) >= 11 is 0. The summed E-state index contributed by atoms with van der Waals surface area (Å²) in [6.07, 6.45) is 7.35. The normalized spacial score (nSPS) is 26.3. The Hall–Kier alpha value is -2.38. The predicted molar refractivity (Wildman–Crippen MR) is 86.0 cm³/mol. The van der Waals surface area contributed by atoms with Gasteiger partial charge in [0.15, 0.2) is 0 Å². The minimum Gasteiger partial charge on any atom is -0.352 e. The van der Waals surface area contributed by atoms with E-state index in [1.165, 1.54) is 0 Å². The van der Waals surface area contributed by atoms with Crippen LogP contribution >= 0.6 is 0 Å². The van der Waals surface area contributed by atoms with E-state index in [2.05, 4.69) is 15.7 Å². The molecule has 2 aliphatic rings. The summed E-state index contributed by atoms with van der Waals surface area (Å²) in [5, 5.41) is 9.77. The molecular weight excluding hydrogens is 310 g/mol. The highest BCUT2D eigenvalue weighted by Gasteiger charge is 2.45. The first-order valence-corrected chi connectivity index (χ1v) is 8.29. The van der Waals surface area contributed by atoms with Crippen molar-refractivity contribution in [3.8, 4) is 0 Å². The van der Waals surface area contributed by atoms with Gasteiger partial charge in [0.05, 0.1) is 6.04 Å². The molecule has 1 aromatic heterocycles. The number of carbonyl (C=O) groups is 3. The van der Waals surface area contributed by atoms with Gasteiger partial charge in [-0.05, 0) is 45.6 Å². The summed E-state index contributed by atoms with van der Waals surface area (Å²) in [5.41, 5.74) is -0.945. The first kappa shape index (κ1) is 16.5. The second-order valence-electron chi connectivity index (χ2n) is 7.01. The van der Waals surface area contributed by atoms with E-state index in [-0.39, 0.29) is 24.4 Å². The highest BCUT2D eigenvalue weighted by molar-refractivity contribution is 6.08. The van der Waals surface area contributed by atoms with E-state index in [0.717, 1.165) is 30.6 Å². The molecule has 8 heteroatoms. The summed E-state index contributed by atoms with van der Waals surface area (Å²) in [6.45, 7) is 3.02. The molecule has 0 unspecified atom stereocenters. The zero-order chi connectivity index (χ0) is 17.3. The Morgan fingerprint density at radius 2 is 2.04 bits per heavy atom. The van der Waals surface area contributed by atoms with Crippen molar-refractivity contribution in [2.45, 2.75) is 57.2 Å². The lowest BCUT2D eigenvalue weighted by Gasteiger charge is -2.29. The molecule has 0 aromatic carbocycles. The molecule has 1 saturated heterocycles. The maximum absolute atomic E-state index is 12.2. The molecule has 2 heterocycles. The molecule has 1 aliphatic carbocycles. The van der Waals surface area contributed by atoms with E-state index in [1.54, 1.807) is 20.0 Å². The molecule has 2 fully saturated rings. The molecular formula is C16H23N5O3. The van der Waals surface area contributed by atoms with Gasteiger partial charge < -0.3 is 10.6 Å². The number of amides is 4. The zero-order valence-electron chi connectivity index (χ0n) is 14.0. The molecule has 8 nitrogen and oxygen atoms in total. The summed E-state index contributed by atoms with van der Waals surface area (Å²) < 4.78 is 1.97. The van der Waals surface area contributed by atoms with Crippen molar-refractivity contribution in [2.75, 3.05) is 6.54 Å². The molecule has 1 saturated carbocycles. The van der Waals surface area contributed by atoms with Gasteiger partial charge in [0, 0.05) is 18.4 Å². The van der Waals surface area contributed by atoms with Gasteiger partial charge in [0.1, 0.15) is 12.1 Å². The topological polar surface area (TPSA) is 96.3 Å². The minimum atomic E-state index is -0.945. The Morgan fingerprint density at radius 1 is 1.33 bits per heavy atom. The molecule has 0 atom stereocenters. The number of rotatable bonds is 4. The van der Waals surface area contributed by atoms with Crippen molar-refractivity contribution in [3.05, 3.63) is 18.5 Å². The Kier molecular flexibility index (Phi) is 4.29. The second kappa shape index (κ2) is 6.26. The van der Waals surface area contributed by atoms with E-state index in [0.29, 0.717) is 6.04 Å². The van der Waals surface area contributed by atoms with Crippen molar-refractivity contribution < 1.29 is 14.4 Å². The molecule has 4 amide bonds. The van der Waals surface area contributed by atoms with Crippen LogP contribution in [0.1, 0.15) is 45.6 Å². The van der Waals surface area contributed by atoms with Crippen LogP contribution in [-0.4, -0.2) is 50.7 Å². The fourth-order valence-electron chi connectivity index (χ4n) is 3.36.